The molecule has 7 nitrogen and oxygen atoms in total. The van der Waals surface area contributed by atoms with Crippen molar-refractivity contribution in [2.75, 3.05) is 39.8 Å². The molecule has 0 aromatic carbocycles. The van der Waals surface area contributed by atoms with Crippen molar-refractivity contribution < 1.29 is 9.53 Å². The van der Waals surface area contributed by atoms with E-state index in [9.17, 15) is 4.79 Å². The minimum atomic E-state index is -0.532. The largest absolute Gasteiger partial charge is 0.477 e. The number of hydrogen-bond acceptors (Lipinski definition) is 6. The van der Waals surface area contributed by atoms with E-state index in [1.807, 2.05) is 31.3 Å². The SMILES string of the molecule is CCOc1ncccc1-c1ccc(C2(C(=O)N[C@H]3CCN(C)C3)CCNCC2)cn1. The van der Waals surface area contributed by atoms with E-state index in [1.165, 1.54) is 0 Å². The Morgan fingerprint density at radius 3 is 2.80 bits per heavy atom. The van der Waals surface area contributed by atoms with Crippen molar-refractivity contribution in [3.05, 3.63) is 42.2 Å². The molecule has 2 N–H and O–H groups in total. The van der Waals surface area contributed by atoms with Crippen LogP contribution in [0.4, 0.5) is 0 Å². The molecule has 0 unspecified atom stereocenters. The summed E-state index contributed by atoms with van der Waals surface area (Å²) in [4.78, 5) is 24.8. The second kappa shape index (κ2) is 9.10. The van der Waals surface area contributed by atoms with E-state index in [0.29, 0.717) is 12.5 Å². The van der Waals surface area contributed by atoms with Gasteiger partial charge in [-0.3, -0.25) is 9.78 Å². The van der Waals surface area contributed by atoms with Crippen LogP contribution in [0.1, 0.15) is 31.7 Å². The molecule has 30 heavy (non-hydrogen) atoms. The quantitative estimate of drug-likeness (QED) is 0.760. The molecule has 0 aliphatic carbocycles. The molecule has 2 aromatic rings. The minimum absolute atomic E-state index is 0.134. The van der Waals surface area contributed by atoms with Crippen LogP contribution in [0, 0.1) is 0 Å². The number of carbonyl (C=O) groups excluding carboxylic acids is 1. The zero-order chi connectivity index (χ0) is 21.0. The maximum Gasteiger partial charge on any atom is 0.231 e. The van der Waals surface area contributed by atoms with Gasteiger partial charge in [-0.05, 0) is 76.6 Å². The number of likely N-dealkylation sites (N-methyl/N-ethyl adjacent to an activating group) is 1. The first kappa shape index (κ1) is 20.8. The van der Waals surface area contributed by atoms with Gasteiger partial charge >= 0.3 is 0 Å². The molecule has 4 rings (SSSR count). The Morgan fingerprint density at radius 1 is 1.30 bits per heavy atom. The first-order valence-corrected chi connectivity index (χ1v) is 10.9. The molecule has 2 aliphatic heterocycles. The Hall–Kier alpha value is -2.51. The average Bonchev–Trinajstić information content (AvgIpc) is 3.19. The molecule has 0 saturated carbocycles. The maximum absolute atomic E-state index is 13.5. The molecule has 2 aromatic heterocycles. The second-order valence-electron chi connectivity index (χ2n) is 8.27. The zero-order valence-electron chi connectivity index (χ0n) is 17.9. The highest BCUT2D eigenvalue weighted by Gasteiger charge is 2.42. The molecule has 7 heteroatoms. The van der Waals surface area contributed by atoms with Crippen LogP contribution in [0.3, 0.4) is 0 Å². The molecule has 2 saturated heterocycles. The van der Waals surface area contributed by atoms with Gasteiger partial charge in [-0.2, -0.15) is 0 Å². The monoisotopic (exact) mass is 409 g/mol. The molecule has 0 spiro atoms. The summed E-state index contributed by atoms with van der Waals surface area (Å²) in [7, 11) is 2.10. The standard InChI is InChI=1S/C23H31N5O2/c1-3-30-21-19(5-4-11-25-21)20-7-6-17(15-26-20)23(9-12-24-13-10-23)22(29)27-18-8-14-28(2)16-18/h4-7,11,15,18,24H,3,8-10,12-14,16H2,1-2H3,(H,27,29)/t18-/m0/s1. The lowest BCUT2D eigenvalue weighted by Crippen LogP contribution is -2.53. The van der Waals surface area contributed by atoms with E-state index >= 15 is 0 Å². The van der Waals surface area contributed by atoms with E-state index in [4.69, 9.17) is 9.72 Å². The lowest BCUT2D eigenvalue weighted by molar-refractivity contribution is -0.128. The van der Waals surface area contributed by atoms with Crippen LogP contribution in [0.25, 0.3) is 11.3 Å². The van der Waals surface area contributed by atoms with Crippen molar-refractivity contribution >= 4 is 5.91 Å². The lowest BCUT2D eigenvalue weighted by atomic mass is 9.72. The first-order chi connectivity index (χ1) is 14.6. The van der Waals surface area contributed by atoms with Crippen LogP contribution in [0.2, 0.25) is 0 Å². The van der Waals surface area contributed by atoms with Gasteiger partial charge in [0.05, 0.1) is 23.3 Å². The molecule has 1 amide bonds. The van der Waals surface area contributed by atoms with E-state index in [0.717, 1.165) is 62.3 Å². The van der Waals surface area contributed by atoms with E-state index in [2.05, 4.69) is 33.6 Å². The molecular weight excluding hydrogens is 378 g/mol. The number of piperidine rings is 1. The Bertz CT molecular complexity index is 864. The number of ether oxygens (including phenoxy) is 1. The van der Waals surface area contributed by atoms with Crippen molar-refractivity contribution in [2.24, 2.45) is 0 Å². The summed E-state index contributed by atoms with van der Waals surface area (Å²) >= 11 is 0. The summed E-state index contributed by atoms with van der Waals surface area (Å²) in [5.74, 6) is 0.718. The van der Waals surface area contributed by atoms with Gasteiger partial charge in [-0.25, -0.2) is 4.98 Å². The second-order valence-corrected chi connectivity index (χ2v) is 8.27. The average molecular weight is 410 g/mol. The number of amides is 1. The van der Waals surface area contributed by atoms with Crippen LogP contribution < -0.4 is 15.4 Å². The normalized spacial score (nSPS) is 21.3. The number of nitrogens with one attached hydrogen (secondary N) is 2. The smallest absolute Gasteiger partial charge is 0.231 e. The number of pyridine rings is 2. The van der Waals surface area contributed by atoms with Crippen LogP contribution in [-0.2, 0) is 10.2 Å². The summed E-state index contributed by atoms with van der Waals surface area (Å²) in [5, 5.41) is 6.71. The molecule has 160 valence electrons. The topological polar surface area (TPSA) is 79.4 Å². The van der Waals surface area contributed by atoms with Gasteiger partial charge < -0.3 is 20.3 Å². The molecule has 2 aliphatic rings. The molecular formula is C23H31N5O2. The highest BCUT2D eigenvalue weighted by molar-refractivity contribution is 5.88. The summed E-state index contributed by atoms with van der Waals surface area (Å²) in [5.41, 5.74) is 2.12. The van der Waals surface area contributed by atoms with Crippen LogP contribution in [0.5, 0.6) is 5.88 Å². The minimum Gasteiger partial charge on any atom is -0.477 e. The Kier molecular flexibility index (Phi) is 6.29. The van der Waals surface area contributed by atoms with E-state index < -0.39 is 5.41 Å². The number of rotatable bonds is 6. The number of aromatic nitrogens is 2. The predicted octanol–water partition coefficient (Wildman–Crippen LogP) is 1.98. The van der Waals surface area contributed by atoms with Crippen LogP contribution in [0.15, 0.2) is 36.7 Å². The van der Waals surface area contributed by atoms with Gasteiger partial charge in [-0.15, -0.1) is 0 Å². The summed E-state index contributed by atoms with van der Waals surface area (Å²) < 4.78 is 5.65. The van der Waals surface area contributed by atoms with Gasteiger partial charge in [0.25, 0.3) is 0 Å². The van der Waals surface area contributed by atoms with E-state index in [1.54, 1.807) is 6.20 Å². The number of carbonyl (C=O) groups is 1. The van der Waals surface area contributed by atoms with Crippen molar-refractivity contribution in [3.8, 4) is 17.1 Å². The van der Waals surface area contributed by atoms with Crippen LogP contribution >= 0.6 is 0 Å². The van der Waals surface area contributed by atoms with Crippen molar-refractivity contribution in [2.45, 2.75) is 37.6 Å². The Balaban J connectivity index is 1.60. The fourth-order valence-electron chi connectivity index (χ4n) is 4.55. The van der Waals surface area contributed by atoms with E-state index in [-0.39, 0.29) is 11.9 Å². The lowest BCUT2D eigenvalue weighted by Gasteiger charge is -2.37. The number of hydrogen-bond donors (Lipinski definition) is 2. The van der Waals surface area contributed by atoms with Gasteiger partial charge in [-0.1, -0.05) is 6.07 Å². The first-order valence-electron chi connectivity index (χ1n) is 10.9. The number of likely N-dealkylation sites (tertiary alicyclic amines) is 1. The van der Waals surface area contributed by atoms with Gasteiger partial charge in [0.1, 0.15) is 0 Å². The fourth-order valence-corrected chi connectivity index (χ4v) is 4.55. The maximum atomic E-state index is 13.5. The molecule has 1 atom stereocenters. The Morgan fingerprint density at radius 2 is 2.13 bits per heavy atom. The fraction of sp³-hybridized carbons (Fsp3) is 0.522. The zero-order valence-corrected chi connectivity index (χ0v) is 17.9. The molecule has 0 radical (unpaired) electrons. The third-order valence-electron chi connectivity index (χ3n) is 6.26. The van der Waals surface area contributed by atoms with Gasteiger partial charge in [0.2, 0.25) is 11.8 Å². The van der Waals surface area contributed by atoms with Gasteiger partial charge in [0.15, 0.2) is 0 Å². The number of nitrogens with zero attached hydrogens (tertiary/aromatic N) is 3. The predicted molar refractivity (Wildman–Crippen MR) is 116 cm³/mol. The van der Waals surface area contributed by atoms with Crippen molar-refractivity contribution in [3.63, 3.8) is 0 Å². The molecule has 4 heterocycles. The van der Waals surface area contributed by atoms with Gasteiger partial charge in [0, 0.05) is 25.0 Å². The van der Waals surface area contributed by atoms with Crippen molar-refractivity contribution in [1.82, 2.24) is 25.5 Å². The third kappa shape index (κ3) is 4.18. The van der Waals surface area contributed by atoms with Crippen LogP contribution in [-0.4, -0.2) is 66.7 Å². The molecule has 0 bridgehead atoms. The highest BCUT2D eigenvalue weighted by Crippen LogP contribution is 2.35. The highest BCUT2D eigenvalue weighted by atomic mass is 16.5. The van der Waals surface area contributed by atoms with Crippen molar-refractivity contribution in [1.29, 1.82) is 0 Å². The Labute approximate surface area is 178 Å². The summed E-state index contributed by atoms with van der Waals surface area (Å²) in [6, 6.07) is 8.11. The molecule has 2 fully saturated rings. The third-order valence-corrected chi connectivity index (χ3v) is 6.26. The summed E-state index contributed by atoms with van der Waals surface area (Å²) in [6.45, 7) is 6.10. The summed E-state index contributed by atoms with van der Waals surface area (Å²) in [6.07, 6.45) is 6.15.